The van der Waals surface area contributed by atoms with Gasteiger partial charge in [-0.15, -0.1) is 0 Å². The summed E-state index contributed by atoms with van der Waals surface area (Å²) in [7, 11) is -3.45. The van der Waals surface area contributed by atoms with E-state index < -0.39 is 21.6 Å². The minimum absolute atomic E-state index is 0.0768. The molecule has 2 aliphatic heterocycles. The van der Waals surface area contributed by atoms with Gasteiger partial charge in [0.25, 0.3) is 5.79 Å². The van der Waals surface area contributed by atoms with Crippen molar-refractivity contribution in [2.24, 2.45) is 0 Å². The number of rotatable bonds is 5. The Bertz CT molecular complexity index is 1680. The summed E-state index contributed by atoms with van der Waals surface area (Å²) < 4.78 is 48.8. The Morgan fingerprint density at radius 1 is 0.972 bits per heavy atom. The van der Waals surface area contributed by atoms with E-state index in [1.165, 1.54) is 24.3 Å². The molecular formula is C25H18N2O7S2. The van der Waals surface area contributed by atoms with Gasteiger partial charge in [0, 0.05) is 23.8 Å². The van der Waals surface area contributed by atoms with Gasteiger partial charge in [-0.3, -0.25) is 0 Å². The molecule has 6 rings (SSSR count). The molecule has 36 heavy (non-hydrogen) atoms. The van der Waals surface area contributed by atoms with Crippen molar-refractivity contribution in [1.82, 2.24) is 8.75 Å². The van der Waals surface area contributed by atoms with Gasteiger partial charge in [-0.2, -0.15) is 8.75 Å². The van der Waals surface area contributed by atoms with Gasteiger partial charge in [-0.1, -0.05) is 24.3 Å². The van der Waals surface area contributed by atoms with E-state index in [0.29, 0.717) is 28.2 Å². The highest BCUT2D eigenvalue weighted by Crippen LogP contribution is 2.46. The van der Waals surface area contributed by atoms with Crippen LogP contribution in [0.25, 0.3) is 16.6 Å². The normalized spacial score (nSPS) is 19.2. The number of cyclic esters (lactones) is 1. The third-order valence-corrected chi connectivity index (χ3v) is 7.87. The molecule has 0 bridgehead atoms. The first kappa shape index (κ1) is 22.7. The van der Waals surface area contributed by atoms with E-state index in [4.69, 9.17) is 14.2 Å². The summed E-state index contributed by atoms with van der Waals surface area (Å²) in [6, 6.07) is 16.2. The van der Waals surface area contributed by atoms with E-state index in [2.05, 4.69) is 8.75 Å². The number of fused-ring (bicyclic) bond motifs is 2. The monoisotopic (exact) mass is 522 g/mol. The Kier molecular flexibility index (Phi) is 5.11. The lowest BCUT2D eigenvalue weighted by molar-refractivity contribution is -0.185. The fourth-order valence-corrected chi connectivity index (χ4v) is 5.54. The summed E-state index contributed by atoms with van der Waals surface area (Å²) in [6.45, 7) is 0.0768. The van der Waals surface area contributed by atoms with Crippen LogP contribution in [0.15, 0.2) is 71.1 Å². The molecule has 2 aliphatic rings. The maximum absolute atomic E-state index is 13.2. The first-order valence-electron chi connectivity index (χ1n) is 10.8. The van der Waals surface area contributed by atoms with Crippen molar-refractivity contribution in [3.05, 3.63) is 82.9 Å². The van der Waals surface area contributed by atoms with Gasteiger partial charge in [0.1, 0.15) is 11.0 Å². The van der Waals surface area contributed by atoms with Crippen molar-refractivity contribution in [3.8, 4) is 11.5 Å². The average Bonchev–Trinajstić information content (AvgIpc) is 3.56. The van der Waals surface area contributed by atoms with Crippen molar-refractivity contribution in [3.63, 3.8) is 0 Å². The van der Waals surface area contributed by atoms with Gasteiger partial charge in [0.2, 0.25) is 6.79 Å². The van der Waals surface area contributed by atoms with Crippen LogP contribution in [0.5, 0.6) is 11.5 Å². The zero-order valence-corrected chi connectivity index (χ0v) is 20.4. The number of hydrogen-bond acceptors (Lipinski definition) is 10. The van der Waals surface area contributed by atoms with Crippen molar-refractivity contribution in [1.29, 1.82) is 0 Å². The maximum Gasteiger partial charge on any atom is 0.342 e. The number of carbonyl (C=O) groups is 1. The molecule has 182 valence electrons. The highest BCUT2D eigenvalue weighted by atomic mass is 32.2. The van der Waals surface area contributed by atoms with Crippen LogP contribution in [0.3, 0.4) is 0 Å². The number of benzene rings is 3. The molecule has 3 aromatic carbocycles. The van der Waals surface area contributed by atoms with Crippen LogP contribution < -0.4 is 9.47 Å². The van der Waals surface area contributed by atoms with E-state index in [-0.39, 0.29) is 29.2 Å². The summed E-state index contributed by atoms with van der Waals surface area (Å²) in [5.41, 5.74) is 3.46. The second-order valence-electron chi connectivity index (χ2n) is 8.52. The molecule has 9 nitrogen and oxygen atoms in total. The number of ether oxygens (including phenoxy) is 3. The fraction of sp³-hybridized carbons (Fsp3) is 0.160. The predicted molar refractivity (Wildman–Crippen MR) is 130 cm³/mol. The molecule has 0 radical (unpaired) electrons. The molecule has 0 saturated heterocycles. The van der Waals surface area contributed by atoms with E-state index in [1.807, 2.05) is 18.2 Å². The van der Waals surface area contributed by atoms with Crippen LogP contribution in [0, 0.1) is 0 Å². The highest BCUT2D eigenvalue weighted by Gasteiger charge is 2.48. The summed E-state index contributed by atoms with van der Waals surface area (Å²) in [5.74, 6) is -1.79. The molecule has 11 heteroatoms. The SMILES string of the molecule is CS(=O)(=O)c1ccc(C2(O)OC(=O)C(c3ccc4c(c3)OCO4)=C2Cc2ccc3nsnc3c2)cc1. The highest BCUT2D eigenvalue weighted by molar-refractivity contribution is 7.90. The molecule has 0 amide bonds. The number of aromatic nitrogens is 2. The van der Waals surface area contributed by atoms with Gasteiger partial charge < -0.3 is 19.3 Å². The first-order valence-corrected chi connectivity index (χ1v) is 13.5. The van der Waals surface area contributed by atoms with Crippen molar-refractivity contribution < 1.29 is 32.5 Å². The van der Waals surface area contributed by atoms with Gasteiger partial charge in [0.15, 0.2) is 21.3 Å². The lowest BCUT2D eigenvalue weighted by Gasteiger charge is -2.26. The average molecular weight is 523 g/mol. The van der Waals surface area contributed by atoms with Gasteiger partial charge in [-0.05, 0) is 47.5 Å². The minimum Gasteiger partial charge on any atom is -0.454 e. The van der Waals surface area contributed by atoms with Crippen molar-refractivity contribution >= 4 is 44.1 Å². The number of sulfone groups is 1. The first-order chi connectivity index (χ1) is 17.2. The molecule has 0 saturated carbocycles. The van der Waals surface area contributed by atoms with Gasteiger partial charge in [-0.25, -0.2) is 13.2 Å². The number of esters is 1. The van der Waals surface area contributed by atoms with Crippen LogP contribution in [0.4, 0.5) is 0 Å². The Hall–Kier alpha value is -3.80. The zero-order chi connectivity index (χ0) is 25.1. The molecule has 3 heterocycles. The van der Waals surface area contributed by atoms with Crippen LogP contribution in [-0.2, 0) is 31.6 Å². The van der Waals surface area contributed by atoms with E-state index in [9.17, 15) is 18.3 Å². The number of nitrogens with zero attached hydrogens (tertiary/aromatic N) is 2. The summed E-state index contributed by atoms with van der Waals surface area (Å²) in [5, 5.41) is 11.8. The third kappa shape index (κ3) is 3.72. The summed E-state index contributed by atoms with van der Waals surface area (Å²) >= 11 is 1.10. The molecule has 4 aromatic rings. The number of aliphatic hydroxyl groups is 1. The molecule has 0 aliphatic carbocycles. The minimum atomic E-state index is -3.45. The summed E-state index contributed by atoms with van der Waals surface area (Å²) in [4.78, 5) is 13.3. The third-order valence-electron chi connectivity index (χ3n) is 6.19. The molecule has 1 N–H and O–H groups in total. The Morgan fingerprint density at radius 2 is 1.72 bits per heavy atom. The predicted octanol–water partition coefficient (Wildman–Crippen LogP) is 3.22. The van der Waals surface area contributed by atoms with Crippen molar-refractivity contribution in [2.45, 2.75) is 17.1 Å². The van der Waals surface area contributed by atoms with E-state index in [1.54, 1.807) is 18.2 Å². The molecular weight excluding hydrogens is 504 g/mol. The van der Waals surface area contributed by atoms with Crippen LogP contribution in [0.2, 0.25) is 0 Å². The van der Waals surface area contributed by atoms with E-state index >= 15 is 0 Å². The molecule has 1 atom stereocenters. The second kappa shape index (κ2) is 8.12. The lowest BCUT2D eigenvalue weighted by atomic mass is 9.88. The van der Waals surface area contributed by atoms with Gasteiger partial charge in [0.05, 0.1) is 22.2 Å². The zero-order valence-electron chi connectivity index (χ0n) is 18.8. The molecule has 1 aromatic heterocycles. The quantitative estimate of drug-likeness (QED) is 0.393. The van der Waals surface area contributed by atoms with Gasteiger partial charge >= 0.3 is 5.97 Å². The molecule has 0 fully saturated rings. The number of hydrogen-bond donors (Lipinski definition) is 1. The maximum atomic E-state index is 13.2. The Labute approximate surface area is 209 Å². The van der Waals surface area contributed by atoms with E-state index in [0.717, 1.165) is 29.1 Å². The Morgan fingerprint density at radius 3 is 2.50 bits per heavy atom. The van der Waals surface area contributed by atoms with Crippen LogP contribution in [-0.4, -0.2) is 41.3 Å². The summed E-state index contributed by atoms with van der Waals surface area (Å²) in [6.07, 6.45) is 1.26. The largest absolute Gasteiger partial charge is 0.454 e. The topological polar surface area (TPSA) is 125 Å². The second-order valence-corrected chi connectivity index (χ2v) is 11.1. The standard InChI is InChI=1S/C25H18N2O7S2/c1-36(30,31)17-6-4-16(5-7-17)25(29)18(10-14-2-8-19-20(11-14)27-35-26-19)23(24(28)34-25)15-3-9-21-22(12-15)33-13-32-21/h2-9,11-12,29H,10,13H2,1H3. The fourth-order valence-electron chi connectivity index (χ4n) is 4.39. The van der Waals surface area contributed by atoms with Crippen LogP contribution in [0.1, 0.15) is 16.7 Å². The van der Waals surface area contributed by atoms with Crippen LogP contribution >= 0.6 is 11.7 Å². The Balaban J connectivity index is 1.51. The lowest BCUT2D eigenvalue weighted by Crippen LogP contribution is -2.29. The van der Waals surface area contributed by atoms with Crippen molar-refractivity contribution in [2.75, 3.05) is 13.0 Å². The number of carbonyl (C=O) groups excluding carboxylic acids is 1. The smallest absolute Gasteiger partial charge is 0.342 e. The molecule has 1 unspecified atom stereocenters. The molecule has 0 spiro atoms.